The molecule has 0 spiro atoms. The van der Waals surface area contributed by atoms with Crippen LogP contribution in [0.3, 0.4) is 0 Å². The summed E-state index contributed by atoms with van der Waals surface area (Å²) in [4.78, 5) is 0.198. The molecule has 3 heterocycles. The Morgan fingerprint density at radius 2 is 2.00 bits per heavy atom. The van der Waals surface area contributed by atoms with Crippen molar-refractivity contribution >= 4 is 21.8 Å². The molecule has 0 amide bonds. The van der Waals surface area contributed by atoms with Gasteiger partial charge in [0.15, 0.2) is 17.3 Å². The molecule has 1 aromatic carbocycles. The van der Waals surface area contributed by atoms with Crippen LogP contribution in [0.2, 0.25) is 0 Å². The molecule has 1 fully saturated rings. The number of fused-ring (bicyclic) bond motifs is 1. The van der Waals surface area contributed by atoms with Crippen LogP contribution in [-0.4, -0.2) is 43.5 Å². The van der Waals surface area contributed by atoms with E-state index >= 15 is 0 Å². The molecular weight excluding hydrogens is 376 g/mol. The van der Waals surface area contributed by atoms with E-state index in [1.54, 1.807) is 29.9 Å². The highest BCUT2D eigenvalue weighted by Crippen LogP contribution is 2.41. The van der Waals surface area contributed by atoms with E-state index in [0.717, 1.165) is 29.2 Å². The Morgan fingerprint density at radius 1 is 1.19 bits per heavy atom. The first-order valence-electron chi connectivity index (χ1n) is 8.41. The lowest BCUT2D eigenvalue weighted by Crippen LogP contribution is -2.33. The Labute approximate surface area is 156 Å². The van der Waals surface area contributed by atoms with Crippen molar-refractivity contribution in [2.75, 3.05) is 25.6 Å². The van der Waals surface area contributed by atoms with Crippen LogP contribution in [0.5, 0.6) is 11.5 Å². The number of rotatable bonds is 3. The van der Waals surface area contributed by atoms with Crippen LogP contribution in [0.1, 0.15) is 28.7 Å². The largest absolute Gasteiger partial charge is 0.454 e. The molecule has 0 radical (unpaired) electrons. The topological polar surface area (TPSA) is 81.9 Å². The summed E-state index contributed by atoms with van der Waals surface area (Å²) in [6, 6.07) is 5.95. The van der Waals surface area contributed by atoms with Crippen LogP contribution < -0.4 is 9.47 Å². The number of benzene rings is 1. The Kier molecular flexibility index (Phi) is 4.62. The van der Waals surface area contributed by atoms with E-state index in [4.69, 9.17) is 14.0 Å². The van der Waals surface area contributed by atoms with E-state index in [9.17, 15) is 8.42 Å². The zero-order chi connectivity index (χ0) is 18.3. The van der Waals surface area contributed by atoms with Gasteiger partial charge in [-0.2, -0.15) is 16.1 Å². The third kappa shape index (κ3) is 3.08. The predicted molar refractivity (Wildman–Crippen MR) is 97.1 cm³/mol. The van der Waals surface area contributed by atoms with Crippen molar-refractivity contribution in [2.45, 2.75) is 30.4 Å². The van der Waals surface area contributed by atoms with Crippen molar-refractivity contribution < 1.29 is 22.4 Å². The standard InChI is InChI=1S/C17H20N2O5S2/c1-11-17(12(2)24-18-11)26(20,21)19-6-5-16(25-8-7-19)13-3-4-14-15(9-13)23-10-22-14/h3-4,9,16H,5-8,10H2,1-2H3/t16-/m1/s1. The number of hydrogen-bond acceptors (Lipinski definition) is 7. The predicted octanol–water partition coefficient (Wildman–Crippen LogP) is 2.89. The highest BCUT2D eigenvalue weighted by Gasteiger charge is 2.33. The maximum absolute atomic E-state index is 13.0. The molecule has 9 heteroatoms. The van der Waals surface area contributed by atoms with E-state index in [1.807, 2.05) is 18.2 Å². The molecule has 0 saturated carbocycles. The molecule has 1 atom stereocenters. The summed E-state index contributed by atoms with van der Waals surface area (Å²) < 4.78 is 43.4. The minimum Gasteiger partial charge on any atom is -0.454 e. The van der Waals surface area contributed by atoms with Gasteiger partial charge in [-0.3, -0.25) is 0 Å². The number of sulfonamides is 1. The van der Waals surface area contributed by atoms with Crippen molar-refractivity contribution in [3.63, 3.8) is 0 Å². The second-order valence-electron chi connectivity index (χ2n) is 6.32. The molecule has 0 aliphatic carbocycles. The molecule has 7 nitrogen and oxygen atoms in total. The van der Waals surface area contributed by atoms with E-state index in [1.165, 1.54) is 0 Å². The average Bonchev–Trinajstić information content (AvgIpc) is 3.11. The molecule has 2 aliphatic heterocycles. The summed E-state index contributed by atoms with van der Waals surface area (Å²) in [6.07, 6.45) is 0.729. The van der Waals surface area contributed by atoms with E-state index < -0.39 is 10.0 Å². The molecule has 140 valence electrons. The molecule has 2 aliphatic rings. The van der Waals surface area contributed by atoms with Crippen molar-refractivity contribution in [2.24, 2.45) is 0 Å². The number of nitrogens with zero attached hydrogens (tertiary/aromatic N) is 2. The first-order chi connectivity index (χ1) is 12.5. The SMILES string of the molecule is Cc1noc(C)c1S(=O)(=O)N1CCS[C@@H](c2ccc3c(c2)OCO3)CC1. The number of aromatic nitrogens is 1. The number of aryl methyl sites for hydroxylation is 2. The molecule has 0 unspecified atom stereocenters. The van der Waals surface area contributed by atoms with Crippen LogP contribution in [0.4, 0.5) is 0 Å². The van der Waals surface area contributed by atoms with Gasteiger partial charge in [0.05, 0.1) is 0 Å². The lowest BCUT2D eigenvalue weighted by atomic mass is 10.1. The molecule has 26 heavy (non-hydrogen) atoms. The molecule has 2 aromatic rings. The lowest BCUT2D eigenvalue weighted by molar-refractivity contribution is 0.174. The zero-order valence-corrected chi connectivity index (χ0v) is 16.2. The van der Waals surface area contributed by atoms with Gasteiger partial charge in [0.2, 0.25) is 16.8 Å². The molecule has 0 N–H and O–H groups in total. The number of hydrogen-bond donors (Lipinski definition) is 0. The van der Waals surface area contributed by atoms with E-state index in [2.05, 4.69) is 5.16 Å². The lowest BCUT2D eigenvalue weighted by Gasteiger charge is -2.19. The smallest absolute Gasteiger partial charge is 0.248 e. The molecule has 1 saturated heterocycles. The third-order valence-electron chi connectivity index (χ3n) is 4.63. The highest BCUT2D eigenvalue weighted by molar-refractivity contribution is 7.99. The minimum atomic E-state index is -3.60. The molecular formula is C17H20N2O5S2. The van der Waals surface area contributed by atoms with Crippen LogP contribution in [0.15, 0.2) is 27.6 Å². The number of thioether (sulfide) groups is 1. The Morgan fingerprint density at radius 3 is 2.77 bits per heavy atom. The van der Waals surface area contributed by atoms with Gasteiger partial charge in [-0.25, -0.2) is 8.42 Å². The Bertz CT molecular complexity index is 906. The van der Waals surface area contributed by atoms with E-state index in [0.29, 0.717) is 24.5 Å². The maximum atomic E-state index is 13.0. The van der Waals surface area contributed by atoms with Gasteiger partial charge in [-0.05, 0) is 38.0 Å². The van der Waals surface area contributed by atoms with Gasteiger partial charge >= 0.3 is 0 Å². The minimum absolute atomic E-state index is 0.198. The molecule has 1 aromatic heterocycles. The molecule has 0 bridgehead atoms. The summed E-state index contributed by atoms with van der Waals surface area (Å²) in [5.74, 6) is 2.58. The monoisotopic (exact) mass is 396 g/mol. The summed E-state index contributed by atoms with van der Waals surface area (Å²) in [7, 11) is -3.60. The average molecular weight is 396 g/mol. The maximum Gasteiger partial charge on any atom is 0.248 e. The zero-order valence-electron chi connectivity index (χ0n) is 14.6. The summed E-state index contributed by atoms with van der Waals surface area (Å²) in [6.45, 7) is 4.47. The fourth-order valence-corrected chi connectivity index (χ4v) is 6.43. The number of ether oxygens (including phenoxy) is 2. The summed E-state index contributed by atoms with van der Waals surface area (Å²) >= 11 is 1.77. The normalized spacial score (nSPS) is 20.9. The van der Waals surface area contributed by atoms with Crippen molar-refractivity contribution in [3.05, 3.63) is 35.2 Å². The Balaban J connectivity index is 1.53. The van der Waals surface area contributed by atoms with Gasteiger partial charge in [0.1, 0.15) is 10.6 Å². The van der Waals surface area contributed by atoms with Crippen molar-refractivity contribution in [3.8, 4) is 11.5 Å². The first-order valence-corrected chi connectivity index (χ1v) is 10.9. The van der Waals surface area contributed by atoms with Crippen LogP contribution in [0, 0.1) is 13.8 Å². The van der Waals surface area contributed by atoms with Crippen molar-refractivity contribution in [1.82, 2.24) is 9.46 Å². The fourth-order valence-electron chi connectivity index (χ4n) is 3.34. The van der Waals surface area contributed by atoms with Gasteiger partial charge in [-0.1, -0.05) is 11.2 Å². The second-order valence-corrected chi connectivity index (χ2v) is 9.50. The fraction of sp³-hybridized carbons (Fsp3) is 0.471. The van der Waals surface area contributed by atoms with E-state index in [-0.39, 0.29) is 16.9 Å². The third-order valence-corrected chi connectivity index (χ3v) is 8.11. The van der Waals surface area contributed by atoms with Crippen LogP contribution in [0.25, 0.3) is 0 Å². The van der Waals surface area contributed by atoms with Crippen LogP contribution >= 0.6 is 11.8 Å². The van der Waals surface area contributed by atoms with Crippen LogP contribution in [-0.2, 0) is 10.0 Å². The van der Waals surface area contributed by atoms with Crippen molar-refractivity contribution in [1.29, 1.82) is 0 Å². The van der Waals surface area contributed by atoms with Gasteiger partial charge in [-0.15, -0.1) is 0 Å². The molecule has 4 rings (SSSR count). The highest BCUT2D eigenvalue weighted by atomic mass is 32.2. The van der Waals surface area contributed by atoms with Gasteiger partial charge in [0.25, 0.3) is 0 Å². The quantitative estimate of drug-likeness (QED) is 0.789. The first kappa shape index (κ1) is 17.7. The Hall–Kier alpha value is -1.71. The second kappa shape index (κ2) is 6.79. The summed E-state index contributed by atoms with van der Waals surface area (Å²) in [5.41, 5.74) is 1.54. The van der Waals surface area contributed by atoms with Gasteiger partial charge in [0, 0.05) is 24.1 Å². The summed E-state index contributed by atoms with van der Waals surface area (Å²) in [5, 5.41) is 4.00. The van der Waals surface area contributed by atoms with Gasteiger partial charge < -0.3 is 14.0 Å².